The molecule has 0 saturated heterocycles. The van der Waals surface area contributed by atoms with Gasteiger partial charge >= 0.3 is 0 Å². The van der Waals surface area contributed by atoms with Gasteiger partial charge < -0.3 is 11.5 Å². The summed E-state index contributed by atoms with van der Waals surface area (Å²) in [4.78, 5) is 0. The summed E-state index contributed by atoms with van der Waals surface area (Å²) in [7, 11) is 0. The van der Waals surface area contributed by atoms with Gasteiger partial charge in [0.1, 0.15) is 0 Å². The molecule has 1 aromatic rings. The average molecular weight is 212 g/mol. The lowest BCUT2D eigenvalue weighted by Gasteiger charge is -2.36. The lowest BCUT2D eigenvalue weighted by molar-refractivity contribution is 0.223. The second-order valence-electron chi connectivity index (χ2n) is 4.19. The standard InChI is InChI=1S/C11H14F2N2/c12-9-2-1-6(5-10(9)13)11(15)7-3-8(14)4-7/h1-2,5,7-8,11H,3-4,14-15H2. The third kappa shape index (κ3) is 2.01. The van der Waals surface area contributed by atoms with E-state index >= 15 is 0 Å². The molecule has 0 aliphatic heterocycles. The zero-order valence-corrected chi connectivity index (χ0v) is 8.29. The molecular formula is C11H14F2N2. The predicted octanol–water partition coefficient (Wildman–Crippen LogP) is 1.70. The Balaban J connectivity index is 2.12. The van der Waals surface area contributed by atoms with Crippen LogP contribution in [0.4, 0.5) is 8.78 Å². The van der Waals surface area contributed by atoms with Crippen LogP contribution in [0.1, 0.15) is 24.4 Å². The van der Waals surface area contributed by atoms with Crippen molar-refractivity contribution < 1.29 is 8.78 Å². The fraction of sp³-hybridized carbons (Fsp3) is 0.455. The van der Waals surface area contributed by atoms with E-state index in [1.165, 1.54) is 12.1 Å². The Morgan fingerprint density at radius 1 is 1.20 bits per heavy atom. The summed E-state index contributed by atoms with van der Waals surface area (Å²) in [6.45, 7) is 0. The molecule has 1 aliphatic rings. The summed E-state index contributed by atoms with van der Waals surface area (Å²) < 4.78 is 25.6. The highest BCUT2D eigenvalue weighted by Crippen LogP contribution is 2.35. The van der Waals surface area contributed by atoms with E-state index in [0.29, 0.717) is 11.5 Å². The van der Waals surface area contributed by atoms with E-state index in [2.05, 4.69) is 0 Å². The van der Waals surface area contributed by atoms with Gasteiger partial charge in [0, 0.05) is 12.1 Å². The van der Waals surface area contributed by atoms with Crippen molar-refractivity contribution in [1.82, 2.24) is 0 Å². The van der Waals surface area contributed by atoms with Crippen molar-refractivity contribution >= 4 is 0 Å². The van der Waals surface area contributed by atoms with E-state index < -0.39 is 11.6 Å². The van der Waals surface area contributed by atoms with Gasteiger partial charge in [0.25, 0.3) is 0 Å². The molecule has 1 fully saturated rings. The molecule has 4 heteroatoms. The van der Waals surface area contributed by atoms with Crippen molar-refractivity contribution in [3.8, 4) is 0 Å². The van der Waals surface area contributed by atoms with Crippen LogP contribution in [0.2, 0.25) is 0 Å². The maximum absolute atomic E-state index is 12.9. The van der Waals surface area contributed by atoms with Crippen LogP contribution >= 0.6 is 0 Å². The van der Waals surface area contributed by atoms with Crippen LogP contribution in [-0.4, -0.2) is 6.04 Å². The van der Waals surface area contributed by atoms with Gasteiger partial charge in [0.05, 0.1) is 0 Å². The molecule has 0 bridgehead atoms. The highest BCUT2D eigenvalue weighted by Gasteiger charge is 2.31. The summed E-state index contributed by atoms with van der Waals surface area (Å²) >= 11 is 0. The molecule has 0 aromatic heterocycles. The van der Waals surface area contributed by atoms with Crippen LogP contribution in [0.25, 0.3) is 0 Å². The van der Waals surface area contributed by atoms with Crippen molar-refractivity contribution in [2.75, 3.05) is 0 Å². The van der Waals surface area contributed by atoms with E-state index in [-0.39, 0.29) is 12.1 Å². The van der Waals surface area contributed by atoms with Gasteiger partial charge in [-0.2, -0.15) is 0 Å². The van der Waals surface area contributed by atoms with E-state index in [9.17, 15) is 8.78 Å². The van der Waals surface area contributed by atoms with Crippen molar-refractivity contribution in [2.45, 2.75) is 24.9 Å². The molecule has 0 spiro atoms. The second-order valence-corrected chi connectivity index (χ2v) is 4.19. The Bertz CT molecular complexity index is 362. The molecule has 1 unspecified atom stereocenters. The lowest BCUT2D eigenvalue weighted by Crippen LogP contribution is -2.41. The van der Waals surface area contributed by atoms with Crippen LogP contribution in [0, 0.1) is 17.6 Å². The Kier molecular flexibility index (Phi) is 2.71. The molecule has 15 heavy (non-hydrogen) atoms. The molecule has 4 N–H and O–H groups in total. The number of hydrogen-bond donors (Lipinski definition) is 2. The Hall–Kier alpha value is -1.00. The van der Waals surface area contributed by atoms with Crippen LogP contribution in [0.3, 0.4) is 0 Å². The average Bonchev–Trinajstić information content (AvgIpc) is 2.16. The van der Waals surface area contributed by atoms with Gasteiger partial charge in [-0.25, -0.2) is 8.78 Å². The largest absolute Gasteiger partial charge is 0.328 e. The molecule has 1 aromatic carbocycles. The lowest BCUT2D eigenvalue weighted by atomic mass is 9.74. The first-order valence-electron chi connectivity index (χ1n) is 5.04. The highest BCUT2D eigenvalue weighted by molar-refractivity contribution is 5.22. The van der Waals surface area contributed by atoms with Gasteiger partial charge in [-0.05, 0) is 36.5 Å². The summed E-state index contributed by atoms with van der Waals surface area (Å²) in [6.07, 6.45) is 1.72. The number of halogens is 2. The molecule has 2 nitrogen and oxygen atoms in total. The van der Waals surface area contributed by atoms with Crippen LogP contribution in [0.5, 0.6) is 0 Å². The Labute approximate surface area is 87.3 Å². The first-order chi connectivity index (χ1) is 7.08. The first-order valence-corrected chi connectivity index (χ1v) is 5.04. The minimum Gasteiger partial charge on any atom is -0.328 e. The quantitative estimate of drug-likeness (QED) is 0.784. The molecule has 1 atom stereocenters. The van der Waals surface area contributed by atoms with Crippen molar-refractivity contribution in [3.05, 3.63) is 35.4 Å². The molecule has 0 radical (unpaired) electrons. The predicted molar refractivity (Wildman–Crippen MR) is 54.0 cm³/mol. The summed E-state index contributed by atoms with van der Waals surface area (Å²) in [5, 5.41) is 0. The summed E-state index contributed by atoms with van der Waals surface area (Å²) in [6, 6.07) is 3.80. The number of benzene rings is 1. The van der Waals surface area contributed by atoms with E-state index in [1.54, 1.807) is 0 Å². The molecule has 1 aliphatic carbocycles. The molecule has 0 amide bonds. The second kappa shape index (κ2) is 3.87. The summed E-state index contributed by atoms with van der Waals surface area (Å²) in [5.74, 6) is -1.38. The fourth-order valence-corrected chi connectivity index (χ4v) is 1.99. The molecule has 1 saturated carbocycles. The van der Waals surface area contributed by atoms with Crippen LogP contribution in [-0.2, 0) is 0 Å². The first kappa shape index (κ1) is 10.5. The molecule has 2 rings (SSSR count). The highest BCUT2D eigenvalue weighted by atomic mass is 19.2. The van der Waals surface area contributed by atoms with Crippen LogP contribution in [0.15, 0.2) is 18.2 Å². The zero-order chi connectivity index (χ0) is 11.0. The Morgan fingerprint density at radius 2 is 1.87 bits per heavy atom. The van der Waals surface area contributed by atoms with Crippen molar-refractivity contribution in [1.29, 1.82) is 0 Å². The third-order valence-corrected chi connectivity index (χ3v) is 3.05. The maximum atomic E-state index is 12.9. The maximum Gasteiger partial charge on any atom is 0.159 e. The zero-order valence-electron chi connectivity index (χ0n) is 8.29. The fourth-order valence-electron chi connectivity index (χ4n) is 1.99. The van der Waals surface area contributed by atoms with Gasteiger partial charge in [-0.15, -0.1) is 0 Å². The monoisotopic (exact) mass is 212 g/mol. The third-order valence-electron chi connectivity index (χ3n) is 3.05. The van der Waals surface area contributed by atoms with E-state index in [4.69, 9.17) is 11.5 Å². The van der Waals surface area contributed by atoms with Crippen molar-refractivity contribution in [2.24, 2.45) is 17.4 Å². The van der Waals surface area contributed by atoms with Gasteiger partial charge in [-0.3, -0.25) is 0 Å². The van der Waals surface area contributed by atoms with Crippen molar-refractivity contribution in [3.63, 3.8) is 0 Å². The van der Waals surface area contributed by atoms with Crippen LogP contribution < -0.4 is 11.5 Å². The SMILES string of the molecule is NC1CC(C(N)c2ccc(F)c(F)c2)C1. The van der Waals surface area contributed by atoms with Gasteiger partial charge in [0.2, 0.25) is 0 Å². The molecular weight excluding hydrogens is 198 g/mol. The molecule has 82 valence electrons. The van der Waals surface area contributed by atoms with Gasteiger partial charge in [0.15, 0.2) is 11.6 Å². The normalized spacial score (nSPS) is 27.2. The number of rotatable bonds is 2. The minimum absolute atomic E-state index is 0.214. The smallest absolute Gasteiger partial charge is 0.159 e. The number of hydrogen-bond acceptors (Lipinski definition) is 2. The summed E-state index contributed by atoms with van der Waals surface area (Å²) in [5.41, 5.74) is 12.2. The molecule has 0 heterocycles. The van der Waals surface area contributed by atoms with E-state index in [1.807, 2.05) is 0 Å². The minimum atomic E-state index is -0.841. The van der Waals surface area contributed by atoms with E-state index in [0.717, 1.165) is 18.9 Å². The topological polar surface area (TPSA) is 52.0 Å². The number of nitrogens with two attached hydrogens (primary N) is 2. The van der Waals surface area contributed by atoms with Gasteiger partial charge in [-0.1, -0.05) is 6.07 Å². The Morgan fingerprint density at radius 3 is 2.40 bits per heavy atom.